The lowest BCUT2D eigenvalue weighted by Crippen LogP contribution is -2.33. The maximum absolute atomic E-state index is 11.2. The molecule has 0 fully saturated rings. The normalized spacial score (nSPS) is 15.6. The first-order chi connectivity index (χ1) is 8.22. The third-order valence-corrected chi connectivity index (χ3v) is 3.01. The zero-order chi connectivity index (χ0) is 12.3. The summed E-state index contributed by atoms with van der Waals surface area (Å²) < 4.78 is 5.71. The van der Waals surface area contributed by atoms with Crippen molar-refractivity contribution in [2.75, 3.05) is 11.9 Å². The summed E-state index contributed by atoms with van der Waals surface area (Å²) in [5, 5.41) is 3.33. The van der Waals surface area contributed by atoms with E-state index >= 15 is 0 Å². The third-order valence-electron chi connectivity index (χ3n) is 3.01. The molecular weight excluding hydrogens is 216 g/mol. The second-order valence-electron chi connectivity index (χ2n) is 4.23. The van der Waals surface area contributed by atoms with Gasteiger partial charge in [-0.3, -0.25) is 4.79 Å². The highest BCUT2D eigenvalue weighted by atomic mass is 16.5. The van der Waals surface area contributed by atoms with Crippen molar-refractivity contribution in [3.63, 3.8) is 0 Å². The number of carbonyl (C=O) groups excluding carboxylic acids is 1. The van der Waals surface area contributed by atoms with Crippen LogP contribution in [0.25, 0.3) is 0 Å². The number of nitrogens with one attached hydrogen (secondary N) is 1. The number of primary amides is 1. The van der Waals surface area contributed by atoms with Gasteiger partial charge in [0, 0.05) is 17.8 Å². The molecule has 0 saturated carbocycles. The highest BCUT2D eigenvalue weighted by molar-refractivity contribution is 5.79. The molecule has 0 aliphatic carbocycles. The summed E-state index contributed by atoms with van der Waals surface area (Å²) in [4.78, 5) is 11.2. The molecular formula is C13H18N2O2. The molecule has 3 N–H and O–H groups in total. The van der Waals surface area contributed by atoms with Crippen molar-refractivity contribution in [2.24, 2.45) is 5.73 Å². The van der Waals surface area contributed by atoms with Crippen LogP contribution in [-0.2, 0) is 11.2 Å². The minimum atomic E-state index is -0.538. The van der Waals surface area contributed by atoms with Crippen LogP contribution in [0.3, 0.4) is 0 Å². The monoisotopic (exact) mass is 234 g/mol. The highest BCUT2D eigenvalue weighted by Gasteiger charge is 2.19. The molecule has 1 unspecified atom stereocenters. The average Bonchev–Trinajstić information content (AvgIpc) is 2.35. The maximum atomic E-state index is 11.2. The molecule has 4 nitrogen and oxygen atoms in total. The van der Waals surface area contributed by atoms with E-state index in [4.69, 9.17) is 10.5 Å². The summed E-state index contributed by atoms with van der Waals surface area (Å²) in [5.74, 6) is 0.370. The molecule has 1 atom stereocenters. The number of fused-ring (bicyclic) bond motifs is 1. The molecule has 0 bridgehead atoms. The van der Waals surface area contributed by atoms with Crippen molar-refractivity contribution >= 4 is 11.6 Å². The van der Waals surface area contributed by atoms with Crippen molar-refractivity contribution in [1.29, 1.82) is 0 Å². The summed E-state index contributed by atoms with van der Waals surface area (Å²) in [6.07, 6.45) is 2.12. The van der Waals surface area contributed by atoms with Crippen LogP contribution in [0.1, 0.15) is 25.3 Å². The maximum Gasteiger partial charge on any atom is 0.258 e. The molecule has 0 radical (unpaired) electrons. The number of benzene rings is 1. The third kappa shape index (κ3) is 2.52. The van der Waals surface area contributed by atoms with Gasteiger partial charge in [-0.2, -0.15) is 0 Å². The van der Waals surface area contributed by atoms with Crippen molar-refractivity contribution in [3.05, 3.63) is 23.8 Å². The number of anilines is 1. The number of rotatable bonds is 4. The first-order valence-corrected chi connectivity index (χ1v) is 6.04. The minimum Gasteiger partial charge on any atom is -0.480 e. The van der Waals surface area contributed by atoms with Gasteiger partial charge < -0.3 is 15.8 Å². The molecule has 0 spiro atoms. The fraction of sp³-hybridized carbons (Fsp3) is 0.462. The Morgan fingerprint density at radius 1 is 1.59 bits per heavy atom. The molecule has 92 valence electrons. The first-order valence-electron chi connectivity index (χ1n) is 6.04. The smallest absolute Gasteiger partial charge is 0.258 e. The van der Waals surface area contributed by atoms with Crippen LogP contribution in [0.4, 0.5) is 5.69 Å². The zero-order valence-corrected chi connectivity index (χ0v) is 10.0. The molecule has 1 amide bonds. The average molecular weight is 234 g/mol. The van der Waals surface area contributed by atoms with E-state index in [-0.39, 0.29) is 0 Å². The largest absolute Gasteiger partial charge is 0.480 e. The molecule has 17 heavy (non-hydrogen) atoms. The lowest BCUT2D eigenvalue weighted by atomic mass is 10.0. The van der Waals surface area contributed by atoms with Crippen molar-refractivity contribution in [2.45, 2.75) is 32.3 Å². The molecule has 1 aliphatic heterocycles. The SMILES string of the molecule is CCC(Oc1cccc2c1CCCN2)C(N)=O. The van der Waals surface area contributed by atoms with E-state index in [0.29, 0.717) is 6.42 Å². The summed E-state index contributed by atoms with van der Waals surface area (Å²) in [6, 6.07) is 5.87. The minimum absolute atomic E-state index is 0.408. The van der Waals surface area contributed by atoms with Crippen molar-refractivity contribution < 1.29 is 9.53 Å². The zero-order valence-electron chi connectivity index (χ0n) is 10.0. The predicted molar refractivity (Wildman–Crippen MR) is 67.2 cm³/mol. The van der Waals surface area contributed by atoms with E-state index in [1.807, 2.05) is 25.1 Å². The first kappa shape index (κ1) is 11.8. The van der Waals surface area contributed by atoms with Gasteiger partial charge in [0.25, 0.3) is 5.91 Å². The van der Waals surface area contributed by atoms with Gasteiger partial charge in [-0.1, -0.05) is 13.0 Å². The molecule has 1 aliphatic rings. The van der Waals surface area contributed by atoms with Gasteiger partial charge in [0.05, 0.1) is 0 Å². The van der Waals surface area contributed by atoms with Gasteiger partial charge >= 0.3 is 0 Å². The topological polar surface area (TPSA) is 64.3 Å². The molecule has 1 aromatic carbocycles. The Morgan fingerprint density at radius 3 is 3.12 bits per heavy atom. The van der Waals surface area contributed by atoms with Crippen molar-refractivity contribution in [1.82, 2.24) is 0 Å². The Morgan fingerprint density at radius 2 is 2.41 bits per heavy atom. The Bertz CT molecular complexity index is 418. The quantitative estimate of drug-likeness (QED) is 0.833. The number of nitrogens with two attached hydrogens (primary N) is 1. The van der Waals surface area contributed by atoms with E-state index in [9.17, 15) is 4.79 Å². The molecule has 1 aromatic rings. The lowest BCUT2D eigenvalue weighted by molar-refractivity contribution is -0.124. The Labute approximate surface area is 101 Å². The standard InChI is InChI=1S/C13H18N2O2/c1-2-11(13(14)16)17-12-7-3-6-10-9(12)5-4-8-15-10/h3,6-7,11,15H,2,4-5,8H2,1H3,(H2,14,16). The summed E-state index contributed by atoms with van der Waals surface area (Å²) in [6.45, 7) is 2.88. The molecule has 2 rings (SSSR count). The summed E-state index contributed by atoms with van der Waals surface area (Å²) in [7, 11) is 0. The fourth-order valence-electron chi connectivity index (χ4n) is 2.08. The van der Waals surface area contributed by atoms with Crippen LogP contribution in [0.15, 0.2) is 18.2 Å². The Hall–Kier alpha value is -1.71. The number of hydrogen-bond donors (Lipinski definition) is 2. The van der Waals surface area contributed by atoms with Gasteiger partial charge in [0.1, 0.15) is 5.75 Å². The van der Waals surface area contributed by atoms with Crippen LogP contribution in [-0.4, -0.2) is 18.6 Å². The summed E-state index contributed by atoms with van der Waals surface area (Å²) in [5.41, 5.74) is 7.55. The highest BCUT2D eigenvalue weighted by Crippen LogP contribution is 2.31. The van der Waals surface area contributed by atoms with Gasteiger partial charge in [0.15, 0.2) is 6.10 Å². The van der Waals surface area contributed by atoms with Crippen LogP contribution in [0.2, 0.25) is 0 Å². The van der Waals surface area contributed by atoms with Crippen LogP contribution < -0.4 is 15.8 Å². The van der Waals surface area contributed by atoms with E-state index in [1.165, 1.54) is 0 Å². The van der Waals surface area contributed by atoms with Gasteiger partial charge in [-0.05, 0) is 31.4 Å². The van der Waals surface area contributed by atoms with E-state index in [1.54, 1.807) is 0 Å². The van der Waals surface area contributed by atoms with Crippen LogP contribution >= 0.6 is 0 Å². The van der Waals surface area contributed by atoms with E-state index in [0.717, 1.165) is 36.4 Å². The summed E-state index contributed by atoms with van der Waals surface area (Å²) >= 11 is 0. The second kappa shape index (κ2) is 5.08. The number of carbonyl (C=O) groups is 1. The number of ether oxygens (including phenoxy) is 1. The Balaban J connectivity index is 2.23. The molecule has 0 saturated heterocycles. The van der Waals surface area contributed by atoms with E-state index < -0.39 is 12.0 Å². The molecule has 4 heteroatoms. The van der Waals surface area contributed by atoms with Gasteiger partial charge in [-0.25, -0.2) is 0 Å². The lowest BCUT2D eigenvalue weighted by Gasteiger charge is -2.23. The Kier molecular flexibility index (Phi) is 3.52. The number of amides is 1. The fourth-order valence-corrected chi connectivity index (χ4v) is 2.08. The van der Waals surface area contributed by atoms with Crippen LogP contribution in [0, 0.1) is 0 Å². The van der Waals surface area contributed by atoms with E-state index in [2.05, 4.69) is 5.32 Å². The van der Waals surface area contributed by atoms with Gasteiger partial charge in [-0.15, -0.1) is 0 Å². The van der Waals surface area contributed by atoms with Crippen molar-refractivity contribution in [3.8, 4) is 5.75 Å². The van der Waals surface area contributed by atoms with Gasteiger partial charge in [0.2, 0.25) is 0 Å². The molecule has 0 aromatic heterocycles. The second-order valence-corrected chi connectivity index (χ2v) is 4.23. The predicted octanol–water partition coefficient (Wildman–Crippen LogP) is 1.69. The number of hydrogen-bond acceptors (Lipinski definition) is 3. The molecule has 1 heterocycles. The van der Waals surface area contributed by atoms with Crippen LogP contribution in [0.5, 0.6) is 5.75 Å².